The molecule has 1 aliphatic heterocycles. The Morgan fingerprint density at radius 2 is 1.88 bits per heavy atom. The molecule has 1 heterocycles. The predicted octanol–water partition coefficient (Wildman–Crippen LogP) is 1.90. The summed E-state index contributed by atoms with van der Waals surface area (Å²) in [7, 11) is 0. The minimum atomic E-state index is -0.348. The van der Waals surface area contributed by atoms with Crippen molar-refractivity contribution >= 4 is 5.91 Å². The number of rotatable bonds is 3. The van der Waals surface area contributed by atoms with Gasteiger partial charge < -0.3 is 15.2 Å². The van der Waals surface area contributed by atoms with Crippen molar-refractivity contribution in [3.05, 3.63) is 35.4 Å². The molecule has 0 unspecified atom stereocenters. The van der Waals surface area contributed by atoms with Gasteiger partial charge in [0.2, 0.25) is 0 Å². The molecule has 1 saturated heterocycles. The number of nitriles is 1. The van der Waals surface area contributed by atoms with Crippen molar-refractivity contribution in [3.8, 4) is 6.07 Å². The maximum atomic E-state index is 12.5. The monoisotopic (exact) mass is 326 g/mol. The van der Waals surface area contributed by atoms with Gasteiger partial charge in [-0.15, -0.1) is 0 Å². The molecule has 2 N–H and O–H groups in total. The van der Waals surface area contributed by atoms with Crippen LogP contribution in [-0.4, -0.2) is 36.4 Å². The van der Waals surface area contributed by atoms with Crippen LogP contribution in [0.1, 0.15) is 48.0 Å². The summed E-state index contributed by atoms with van der Waals surface area (Å²) in [6.07, 6.45) is 3.66. The highest BCUT2D eigenvalue weighted by Gasteiger charge is 2.55. The molecule has 0 aromatic heterocycles. The fourth-order valence-electron chi connectivity index (χ4n) is 4.17. The topological polar surface area (TPSA) is 82.4 Å². The quantitative estimate of drug-likeness (QED) is 0.889. The van der Waals surface area contributed by atoms with Crippen LogP contribution in [0.3, 0.4) is 0 Å². The van der Waals surface area contributed by atoms with Crippen molar-refractivity contribution in [3.63, 3.8) is 0 Å². The molecule has 3 aliphatic rings. The lowest BCUT2D eigenvalue weighted by molar-refractivity contribution is -0.145. The van der Waals surface area contributed by atoms with Crippen molar-refractivity contribution in [1.82, 2.24) is 5.32 Å². The number of hydrogen-bond donors (Lipinski definition) is 2. The average molecular weight is 326 g/mol. The lowest BCUT2D eigenvalue weighted by atomic mass is 9.58. The van der Waals surface area contributed by atoms with Crippen molar-refractivity contribution < 1.29 is 14.6 Å². The predicted molar refractivity (Wildman–Crippen MR) is 87.3 cm³/mol. The fraction of sp³-hybridized carbons (Fsp3) is 0.579. The molecule has 1 aromatic rings. The Hall–Kier alpha value is -1.90. The van der Waals surface area contributed by atoms with Crippen molar-refractivity contribution in [2.24, 2.45) is 5.41 Å². The summed E-state index contributed by atoms with van der Waals surface area (Å²) in [5.74, 6) is -0.105. The smallest absolute Gasteiger partial charge is 0.251 e. The molecular weight excluding hydrogens is 304 g/mol. The third-order valence-corrected chi connectivity index (χ3v) is 6.21. The number of nitrogens with zero attached hydrogens (tertiary/aromatic N) is 1. The zero-order valence-corrected chi connectivity index (χ0v) is 13.6. The van der Waals surface area contributed by atoms with E-state index in [-0.39, 0.29) is 28.9 Å². The van der Waals surface area contributed by atoms with E-state index < -0.39 is 0 Å². The summed E-state index contributed by atoms with van der Waals surface area (Å²) in [5, 5.41) is 22.5. The molecule has 0 bridgehead atoms. The van der Waals surface area contributed by atoms with Crippen LogP contribution in [0.15, 0.2) is 24.3 Å². The van der Waals surface area contributed by atoms with E-state index in [0.717, 1.165) is 31.2 Å². The number of aliphatic hydroxyl groups is 1. The summed E-state index contributed by atoms with van der Waals surface area (Å²) >= 11 is 0. The Bertz CT molecular complexity index is 682. The highest BCUT2D eigenvalue weighted by Crippen LogP contribution is 2.49. The number of aliphatic hydroxyl groups excluding tert-OH is 1. The van der Waals surface area contributed by atoms with Crippen molar-refractivity contribution in [2.75, 3.05) is 13.2 Å². The van der Waals surface area contributed by atoms with Crippen LogP contribution in [0.5, 0.6) is 0 Å². The second kappa shape index (κ2) is 5.58. The molecule has 4 rings (SSSR count). The van der Waals surface area contributed by atoms with Crippen LogP contribution in [0.25, 0.3) is 0 Å². The average Bonchev–Trinajstić information content (AvgIpc) is 3.43. The molecule has 1 spiro atoms. The molecule has 24 heavy (non-hydrogen) atoms. The van der Waals surface area contributed by atoms with Crippen molar-refractivity contribution in [1.29, 1.82) is 5.26 Å². The largest absolute Gasteiger partial charge is 0.392 e. The Balaban J connectivity index is 1.44. The molecule has 2 aliphatic carbocycles. The fourth-order valence-corrected chi connectivity index (χ4v) is 4.17. The standard InChI is InChI=1S/C19H22N2O3/c20-12-18(5-6-18)14-3-1-13(2-4-14)17(23)21-15-11-16(22)19(15)7-9-24-10-8-19/h1-4,15-16,22H,5-11H2,(H,21,23)/t15-,16-/m1/s1. The van der Waals surface area contributed by atoms with Crippen LogP contribution in [0, 0.1) is 16.7 Å². The van der Waals surface area contributed by atoms with Gasteiger partial charge in [-0.25, -0.2) is 0 Å². The summed E-state index contributed by atoms with van der Waals surface area (Å²) in [4.78, 5) is 12.5. The van der Waals surface area contributed by atoms with Gasteiger partial charge in [0, 0.05) is 30.2 Å². The van der Waals surface area contributed by atoms with Gasteiger partial charge in [-0.1, -0.05) is 12.1 Å². The van der Waals surface area contributed by atoms with E-state index in [1.54, 1.807) is 12.1 Å². The SMILES string of the molecule is N#CC1(c2ccc(C(=O)N[C@@H]3C[C@@H](O)C34CCOCC4)cc2)CC1. The van der Waals surface area contributed by atoms with Gasteiger partial charge in [0.1, 0.15) is 0 Å². The minimum Gasteiger partial charge on any atom is -0.392 e. The van der Waals surface area contributed by atoms with Gasteiger partial charge in [-0.05, 0) is 49.8 Å². The molecule has 126 valence electrons. The van der Waals surface area contributed by atoms with E-state index in [1.807, 2.05) is 12.1 Å². The number of benzene rings is 1. The van der Waals surface area contributed by atoms with Crippen LogP contribution < -0.4 is 5.32 Å². The van der Waals surface area contributed by atoms with Gasteiger partial charge in [0.15, 0.2) is 0 Å². The highest BCUT2D eigenvalue weighted by atomic mass is 16.5. The van der Waals surface area contributed by atoms with Gasteiger partial charge in [-0.3, -0.25) is 4.79 Å². The minimum absolute atomic E-state index is 0.0115. The van der Waals surface area contributed by atoms with Gasteiger partial charge >= 0.3 is 0 Å². The second-order valence-corrected chi connectivity index (χ2v) is 7.39. The number of carbonyl (C=O) groups is 1. The van der Waals surface area contributed by atoms with Crippen LogP contribution in [0.2, 0.25) is 0 Å². The summed E-state index contributed by atoms with van der Waals surface area (Å²) in [6, 6.07) is 9.77. The van der Waals surface area contributed by atoms with E-state index in [1.165, 1.54) is 0 Å². The zero-order chi connectivity index (χ0) is 16.8. The van der Waals surface area contributed by atoms with Gasteiger partial charge in [-0.2, -0.15) is 5.26 Å². The second-order valence-electron chi connectivity index (χ2n) is 7.39. The molecule has 0 radical (unpaired) electrons. The Morgan fingerprint density at radius 3 is 2.42 bits per heavy atom. The molecule has 2 atom stereocenters. The van der Waals surface area contributed by atoms with Gasteiger partial charge in [0.05, 0.1) is 17.6 Å². The Labute approximate surface area is 141 Å². The molecule has 5 heteroatoms. The number of carbonyl (C=O) groups excluding carboxylic acids is 1. The number of nitrogens with one attached hydrogen (secondary N) is 1. The first-order valence-electron chi connectivity index (χ1n) is 8.68. The van der Waals surface area contributed by atoms with E-state index in [2.05, 4.69) is 11.4 Å². The van der Waals surface area contributed by atoms with Gasteiger partial charge in [0.25, 0.3) is 5.91 Å². The third-order valence-electron chi connectivity index (χ3n) is 6.21. The molecular formula is C19H22N2O3. The van der Waals surface area contributed by atoms with Crippen LogP contribution in [0.4, 0.5) is 0 Å². The third kappa shape index (κ3) is 2.33. The van der Waals surface area contributed by atoms with E-state index in [9.17, 15) is 15.2 Å². The van der Waals surface area contributed by atoms with E-state index >= 15 is 0 Å². The maximum absolute atomic E-state index is 12.5. The van der Waals surface area contributed by atoms with E-state index in [0.29, 0.717) is 25.2 Å². The first-order valence-corrected chi connectivity index (χ1v) is 8.68. The Morgan fingerprint density at radius 1 is 1.21 bits per heavy atom. The first kappa shape index (κ1) is 15.6. The molecule has 1 amide bonds. The van der Waals surface area contributed by atoms with Crippen LogP contribution in [-0.2, 0) is 10.2 Å². The normalized spacial score (nSPS) is 29.3. The maximum Gasteiger partial charge on any atom is 0.251 e. The molecule has 2 saturated carbocycles. The lowest BCUT2D eigenvalue weighted by Crippen LogP contribution is -2.65. The van der Waals surface area contributed by atoms with E-state index in [4.69, 9.17) is 4.74 Å². The summed E-state index contributed by atoms with van der Waals surface area (Å²) < 4.78 is 5.40. The molecule has 1 aromatic carbocycles. The van der Waals surface area contributed by atoms with Crippen LogP contribution >= 0.6 is 0 Å². The first-order chi connectivity index (χ1) is 11.6. The number of hydrogen-bond acceptors (Lipinski definition) is 4. The Kier molecular flexibility index (Phi) is 3.63. The molecule has 3 fully saturated rings. The zero-order valence-electron chi connectivity index (χ0n) is 13.6. The van der Waals surface area contributed by atoms with Crippen molar-refractivity contribution in [2.45, 2.75) is 49.7 Å². The number of ether oxygens (including phenoxy) is 1. The molecule has 5 nitrogen and oxygen atoms in total. The highest BCUT2D eigenvalue weighted by molar-refractivity contribution is 5.94. The lowest BCUT2D eigenvalue weighted by Gasteiger charge is -2.55. The number of amides is 1. The summed E-state index contributed by atoms with van der Waals surface area (Å²) in [5.41, 5.74) is 1.07. The summed E-state index contributed by atoms with van der Waals surface area (Å²) in [6.45, 7) is 1.29.